The number of alkyl halides is 2. The van der Waals surface area contributed by atoms with Crippen LogP contribution < -0.4 is 32.3 Å². The number of likely N-dealkylation sites (tertiary alicyclic amines) is 2. The molecule has 7 N–H and O–H groups in total. The standard InChI is InChI=1S/C39H47F2N11O3/c1-3-31-35-27(17-44-52(35)25-19-50(20-25)18-24-6-4-9-29(45-24)38(55)51-15-14-39(40,41)21-51)26-7-5-8-28(34(26)49(31)2)47-30(33(43)37(54)46-23-12-13-23)16-32(42)48-36(53)22-10-11-22/h4-9,16-17,22-23,25,31,47H,3,10-15,18-21,42-43H2,1-2H3,(H,46,54)(H,48,53)/b32-16+,33-30+. The minimum atomic E-state index is -2.86. The Kier molecular flexibility index (Phi) is 9.47. The van der Waals surface area contributed by atoms with Crippen molar-refractivity contribution in [3.63, 3.8) is 0 Å². The third-order valence-electron chi connectivity index (χ3n) is 11.1. The molecule has 55 heavy (non-hydrogen) atoms. The molecule has 2 aromatic heterocycles. The zero-order chi connectivity index (χ0) is 38.6. The molecular weight excluding hydrogens is 708 g/mol. The van der Waals surface area contributed by atoms with Gasteiger partial charge in [0.25, 0.3) is 17.7 Å². The first-order valence-electron chi connectivity index (χ1n) is 19.0. The number of carbonyl (C=O) groups excluding carboxylic acids is 3. The molecule has 3 amide bonds. The Bertz CT molecular complexity index is 2080. The van der Waals surface area contributed by atoms with E-state index in [0.29, 0.717) is 17.9 Å². The van der Waals surface area contributed by atoms with Crippen LogP contribution in [0.3, 0.4) is 0 Å². The van der Waals surface area contributed by atoms with Crippen LogP contribution in [0, 0.1) is 5.92 Å². The van der Waals surface area contributed by atoms with E-state index in [9.17, 15) is 23.2 Å². The number of allylic oxidation sites excluding steroid dienone is 1. The van der Waals surface area contributed by atoms with Crippen LogP contribution in [0.4, 0.5) is 20.2 Å². The highest BCUT2D eigenvalue weighted by Gasteiger charge is 2.41. The number of anilines is 2. The second-order valence-corrected chi connectivity index (χ2v) is 15.4. The summed E-state index contributed by atoms with van der Waals surface area (Å²) in [6.45, 7) is 3.56. The molecule has 8 rings (SSSR count). The van der Waals surface area contributed by atoms with Gasteiger partial charge < -0.3 is 37.2 Å². The Morgan fingerprint density at radius 1 is 1.04 bits per heavy atom. The number of nitrogens with one attached hydrogen (secondary N) is 3. The second-order valence-electron chi connectivity index (χ2n) is 15.4. The number of hydrogen-bond acceptors (Lipinski definition) is 10. The van der Waals surface area contributed by atoms with Gasteiger partial charge in [-0.25, -0.2) is 13.8 Å². The van der Waals surface area contributed by atoms with Crippen molar-refractivity contribution < 1.29 is 23.2 Å². The predicted octanol–water partition coefficient (Wildman–Crippen LogP) is 3.57. The maximum Gasteiger partial charge on any atom is 0.272 e. The zero-order valence-electron chi connectivity index (χ0n) is 31.0. The van der Waals surface area contributed by atoms with Crippen LogP contribution in [0.15, 0.2) is 65.9 Å². The molecule has 3 aliphatic heterocycles. The van der Waals surface area contributed by atoms with E-state index in [-0.39, 0.29) is 65.8 Å². The summed E-state index contributed by atoms with van der Waals surface area (Å²) in [6, 6.07) is 11.3. The van der Waals surface area contributed by atoms with Crippen LogP contribution >= 0.6 is 0 Å². The number of aromatic nitrogens is 3. The minimum absolute atomic E-state index is 0.0225. The zero-order valence-corrected chi connectivity index (χ0v) is 31.0. The lowest BCUT2D eigenvalue weighted by Gasteiger charge is -2.43. The van der Waals surface area contributed by atoms with Gasteiger partial charge >= 0.3 is 0 Å². The second kappa shape index (κ2) is 14.3. The van der Waals surface area contributed by atoms with Crippen molar-refractivity contribution in [2.24, 2.45) is 17.4 Å². The van der Waals surface area contributed by atoms with Crippen molar-refractivity contribution in [2.45, 2.75) is 76.0 Å². The average molecular weight is 756 g/mol. The fourth-order valence-corrected chi connectivity index (χ4v) is 7.78. The molecule has 1 unspecified atom stereocenters. The molecule has 1 atom stereocenters. The Balaban J connectivity index is 1.01. The van der Waals surface area contributed by atoms with Crippen LogP contribution in [0.2, 0.25) is 0 Å². The first kappa shape index (κ1) is 36.5. The predicted molar refractivity (Wildman–Crippen MR) is 202 cm³/mol. The van der Waals surface area contributed by atoms with Crippen LogP contribution in [-0.4, -0.2) is 87.5 Å². The number of halogens is 2. The third-order valence-corrected chi connectivity index (χ3v) is 11.1. The minimum Gasteiger partial charge on any atom is -0.393 e. The topological polar surface area (TPSA) is 180 Å². The number of nitrogens with two attached hydrogens (primary N) is 2. The normalized spacial score (nSPS) is 21.3. The van der Waals surface area contributed by atoms with E-state index in [1.807, 2.05) is 31.4 Å². The number of para-hydroxylation sites is 1. The molecule has 0 bridgehead atoms. The lowest BCUT2D eigenvalue weighted by Crippen LogP contribution is -2.48. The van der Waals surface area contributed by atoms with Crippen LogP contribution in [0.5, 0.6) is 0 Å². The van der Waals surface area contributed by atoms with Crippen molar-refractivity contribution in [1.82, 2.24) is 35.2 Å². The van der Waals surface area contributed by atoms with Gasteiger partial charge in [-0.05, 0) is 50.3 Å². The Labute approximate surface area is 318 Å². The molecule has 2 aliphatic carbocycles. The van der Waals surface area contributed by atoms with E-state index in [0.717, 1.165) is 67.7 Å². The van der Waals surface area contributed by atoms with Gasteiger partial charge in [0.15, 0.2) is 0 Å². The van der Waals surface area contributed by atoms with E-state index < -0.39 is 24.3 Å². The smallest absolute Gasteiger partial charge is 0.272 e. The SMILES string of the molecule is CCC1c2c(cnn2C2CN(Cc3cccc(C(=O)N4CCC(F)(F)C4)n3)C2)-c2cccc(NC(/C=C(\N)NC(=O)C3CC3)=C(/N)C(=O)NC3CC3)c2N1C. The molecule has 5 heterocycles. The molecule has 0 radical (unpaired) electrons. The number of hydrogen-bond donors (Lipinski definition) is 5. The van der Waals surface area contributed by atoms with Crippen LogP contribution in [0.25, 0.3) is 11.1 Å². The third kappa shape index (κ3) is 7.46. The molecule has 1 aromatic carbocycles. The Morgan fingerprint density at radius 3 is 2.49 bits per heavy atom. The largest absolute Gasteiger partial charge is 0.393 e. The maximum atomic E-state index is 13.7. The van der Waals surface area contributed by atoms with E-state index in [1.165, 1.54) is 11.0 Å². The summed E-state index contributed by atoms with van der Waals surface area (Å²) in [5.41, 5.74) is 18.6. The molecule has 5 aliphatic rings. The van der Waals surface area contributed by atoms with Gasteiger partial charge in [-0.1, -0.05) is 25.1 Å². The van der Waals surface area contributed by atoms with Gasteiger partial charge in [-0.15, -0.1) is 0 Å². The van der Waals surface area contributed by atoms with Gasteiger partial charge in [-0.2, -0.15) is 5.10 Å². The van der Waals surface area contributed by atoms with Crippen molar-refractivity contribution in [1.29, 1.82) is 0 Å². The Morgan fingerprint density at radius 2 is 1.80 bits per heavy atom. The van der Waals surface area contributed by atoms with E-state index >= 15 is 0 Å². The number of fused-ring (bicyclic) bond motifs is 3. The van der Waals surface area contributed by atoms with E-state index in [4.69, 9.17) is 16.6 Å². The van der Waals surface area contributed by atoms with Crippen molar-refractivity contribution in [2.75, 3.05) is 43.4 Å². The number of rotatable bonds is 12. The summed E-state index contributed by atoms with van der Waals surface area (Å²) in [4.78, 5) is 48.7. The molecule has 0 spiro atoms. The molecule has 14 nitrogen and oxygen atoms in total. The van der Waals surface area contributed by atoms with Gasteiger partial charge in [0, 0.05) is 68.8 Å². The van der Waals surface area contributed by atoms with Gasteiger partial charge in [0.1, 0.15) is 17.2 Å². The summed E-state index contributed by atoms with van der Waals surface area (Å²) in [5.74, 6) is -3.83. The highest BCUT2D eigenvalue weighted by atomic mass is 19.3. The van der Waals surface area contributed by atoms with Crippen molar-refractivity contribution in [3.05, 3.63) is 83.0 Å². The fourth-order valence-electron chi connectivity index (χ4n) is 7.78. The number of carbonyl (C=O) groups is 3. The summed E-state index contributed by atoms with van der Waals surface area (Å²) in [7, 11) is 2.04. The number of nitrogens with zero attached hydrogens (tertiary/aromatic N) is 6. The first-order chi connectivity index (χ1) is 26.4. The van der Waals surface area contributed by atoms with Crippen LogP contribution in [0.1, 0.15) is 79.4 Å². The summed E-state index contributed by atoms with van der Waals surface area (Å²) < 4.78 is 29.6. The van der Waals surface area contributed by atoms with Gasteiger partial charge in [-0.3, -0.25) is 24.0 Å². The highest BCUT2D eigenvalue weighted by molar-refractivity contribution is 5.97. The number of pyridine rings is 1. The lowest BCUT2D eigenvalue weighted by molar-refractivity contribution is -0.121. The molecule has 290 valence electrons. The molecule has 16 heteroatoms. The van der Waals surface area contributed by atoms with E-state index in [1.54, 1.807) is 12.1 Å². The fraction of sp³-hybridized carbons (Fsp3) is 0.462. The van der Waals surface area contributed by atoms with Gasteiger partial charge in [0.05, 0.1) is 53.3 Å². The number of benzene rings is 1. The lowest BCUT2D eigenvalue weighted by atomic mass is 9.91. The van der Waals surface area contributed by atoms with Crippen molar-refractivity contribution in [3.8, 4) is 11.1 Å². The summed E-state index contributed by atoms with van der Waals surface area (Å²) in [6.07, 6.45) is 7.35. The molecule has 2 saturated heterocycles. The maximum absolute atomic E-state index is 13.7. The first-order valence-corrected chi connectivity index (χ1v) is 19.0. The molecule has 4 fully saturated rings. The molecule has 2 saturated carbocycles. The van der Waals surface area contributed by atoms with E-state index in [2.05, 4.69) is 48.4 Å². The average Bonchev–Trinajstić information content (AvgIpc) is 4.08. The summed E-state index contributed by atoms with van der Waals surface area (Å²) >= 11 is 0. The van der Waals surface area contributed by atoms with Crippen molar-refractivity contribution >= 4 is 29.1 Å². The highest BCUT2D eigenvalue weighted by Crippen LogP contribution is 2.49. The molecular formula is C39H47F2N11O3. The van der Waals surface area contributed by atoms with Crippen LogP contribution in [-0.2, 0) is 16.1 Å². The van der Waals surface area contributed by atoms with Gasteiger partial charge in [0.2, 0.25) is 5.91 Å². The quantitative estimate of drug-likeness (QED) is 0.136. The summed E-state index contributed by atoms with van der Waals surface area (Å²) in [5, 5.41) is 14.0. The number of amides is 3. The monoisotopic (exact) mass is 755 g/mol. The Hall–Kier alpha value is -5.51. The molecule has 3 aromatic rings.